The lowest BCUT2D eigenvalue weighted by molar-refractivity contribution is 0.206. The van der Waals surface area contributed by atoms with Gasteiger partial charge in [-0.05, 0) is 41.0 Å². The zero-order valence-electron chi connectivity index (χ0n) is 12.0. The van der Waals surface area contributed by atoms with Crippen LogP contribution in [-0.2, 0) is 6.54 Å². The minimum absolute atomic E-state index is 0.287. The van der Waals surface area contributed by atoms with Gasteiger partial charge in [-0.1, -0.05) is 37.3 Å². The molecule has 1 unspecified atom stereocenters. The van der Waals surface area contributed by atoms with Crippen LogP contribution < -0.4 is 5.73 Å². The Hall–Kier alpha value is -0.680. The molecule has 0 fully saturated rings. The summed E-state index contributed by atoms with van der Waals surface area (Å²) < 4.78 is 1.19. The number of nitrogens with two attached hydrogens (primary N) is 1. The highest BCUT2D eigenvalue weighted by molar-refractivity contribution is 9.10. The average Bonchev–Trinajstić information content (AvgIpc) is 2.79. The van der Waals surface area contributed by atoms with Crippen LogP contribution in [0.4, 0.5) is 0 Å². The summed E-state index contributed by atoms with van der Waals surface area (Å²) in [4.78, 5) is 5.09. The lowest BCUT2D eigenvalue weighted by Crippen LogP contribution is -2.32. The first-order valence-electron chi connectivity index (χ1n) is 6.89. The van der Waals surface area contributed by atoms with E-state index in [9.17, 15) is 0 Å². The van der Waals surface area contributed by atoms with Gasteiger partial charge in [0.25, 0.3) is 0 Å². The fraction of sp³-hybridized carbons (Fsp3) is 0.375. The van der Waals surface area contributed by atoms with Crippen molar-refractivity contribution >= 4 is 27.3 Å². The molecule has 0 saturated heterocycles. The summed E-state index contributed by atoms with van der Waals surface area (Å²) in [5, 5.41) is 0. The topological polar surface area (TPSA) is 29.3 Å². The molecular formula is C16H21BrN2S. The van der Waals surface area contributed by atoms with Gasteiger partial charge in [0.1, 0.15) is 0 Å². The quantitative estimate of drug-likeness (QED) is 0.837. The smallest absolute Gasteiger partial charge is 0.0567 e. The Kier molecular flexibility index (Phi) is 5.78. The fourth-order valence-corrected chi connectivity index (χ4v) is 4.06. The molecule has 2 nitrogen and oxygen atoms in total. The zero-order chi connectivity index (χ0) is 14.5. The van der Waals surface area contributed by atoms with E-state index in [0.717, 1.165) is 13.1 Å². The summed E-state index contributed by atoms with van der Waals surface area (Å²) in [6.07, 6.45) is 0. The van der Waals surface area contributed by atoms with E-state index in [4.69, 9.17) is 5.73 Å². The van der Waals surface area contributed by atoms with Crippen molar-refractivity contribution in [1.29, 1.82) is 0 Å². The molecule has 2 aromatic rings. The molecule has 1 heterocycles. The van der Waals surface area contributed by atoms with Crippen LogP contribution in [0.3, 0.4) is 0 Å². The van der Waals surface area contributed by atoms with E-state index in [1.165, 1.54) is 19.8 Å². The predicted octanol–water partition coefficient (Wildman–Crippen LogP) is 4.34. The zero-order valence-corrected chi connectivity index (χ0v) is 14.4. The molecule has 1 aromatic carbocycles. The van der Waals surface area contributed by atoms with Gasteiger partial charge in [0, 0.05) is 27.3 Å². The highest BCUT2D eigenvalue weighted by Crippen LogP contribution is 2.33. The number of hydrogen-bond acceptors (Lipinski definition) is 3. The van der Waals surface area contributed by atoms with Crippen LogP contribution in [0, 0.1) is 6.92 Å². The molecule has 0 amide bonds. The summed E-state index contributed by atoms with van der Waals surface area (Å²) >= 11 is 5.44. The van der Waals surface area contributed by atoms with Crippen LogP contribution in [0.1, 0.15) is 28.3 Å². The Labute approximate surface area is 133 Å². The van der Waals surface area contributed by atoms with Gasteiger partial charge in [-0.15, -0.1) is 11.3 Å². The summed E-state index contributed by atoms with van der Waals surface area (Å²) in [7, 11) is 0. The Morgan fingerprint density at radius 2 is 2.00 bits per heavy atom. The van der Waals surface area contributed by atoms with E-state index in [0.29, 0.717) is 6.54 Å². The molecule has 0 aliphatic heterocycles. The second-order valence-corrected chi connectivity index (χ2v) is 7.00. The average molecular weight is 353 g/mol. The van der Waals surface area contributed by atoms with Crippen LogP contribution in [0.25, 0.3) is 0 Å². The maximum atomic E-state index is 6.04. The Morgan fingerprint density at radius 3 is 2.50 bits per heavy atom. The highest BCUT2D eigenvalue weighted by Gasteiger charge is 2.20. The SMILES string of the molecule is CCN(Cc1ccccc1)C(CN)c1cc(Br)c(C)s1. The van der Waals surface area contributed by atoms with Crippen molar-refractivity contribution < 1.29 is 0 Å². The van der Waals surface area contributed by atoms with Gasteiger partial charge in [-0.3, -0.25) is 4.90 Å². The predicted molar refractivity (Wildman–Crippen MR) is 91.1 cm³/mol. The molecule has 4 heteroatoms. The van der Waals surface area contributed by atoms with Gasteiger partial charge in [-0.2, -0.15) is 0 Å². The molecular weight excluding hydrogens is 332 g/mol. The molecule has 20 heavy (non-hydrogen) atoms. The number of thiophene rings is 1. The number of benzene rings is 1. The molecule has 0 aliphatic carbocycles. The van der Waals surface area contributed by atoms with Gasteiger partial charge in [-0.25, -0.2) is 0 Å². The molecule has 2 N–H and O–H groups in total. The second kappa shape index (κ2) is 7.36. The van der Waals surface area contributed by atoms with Crippen LogP contribution in [0.15, 0.2) is 40.9 Å². The molecule has 0 saturated carbocycles. The number of hydrogen-bond donors (Lipinski definition) is 1. The van der Waals surface area contributed by atoms with Gasteiger partial charge < -0.3 is 5.73 Å². The Bertz CT molecular complexity index is 519. The third-order valence-electron chi connectivity index (χ3n) is 3.50. The van der Waals surface area contributed by atoms with E-state index in [1.807, 2.05) is 11.3 Å². The normalized spacial score (nSPS) is 12.8. The highest BCUT2D eigenvalue weighted by atomic mass is 79.9. The standard InChI is InChI=1S/C16H21BrN2S/c1-3-19(11-13-7-5-4-6-8-13)15(10-18)16-9-14(17)12(2)20-16/h4-9,15H,3,10-11,18H2,1-2H3. The van der Waals surface area contributed by atoms with Crippen LogP contribution in [-0.4, -0.2) is 18.0 Å². The molecule has 2 rings (SSSR count). The molecule has 0 spiro atoms. The van der Waals surface area contributed by atoms with Crippen molar-refractivity contribution in [3.8, 4) is 0 Å². The minimum atomic E-state index is 0.287. The molecule has 108 valence electrons. The van der Waals surface area contributed by atoms with E-state index in [-0.39, 0.29) is 6.04 Å². The first-order valence-corrected chi connectivity index (χ1v) is 8.50. The first-order chi connectivity index (χ1) is 9.65. The Balaban J connectivity index is 2.19. The maximum absolute atomic E-state index is 6.04. The van der Waals surface area contributed by atoms with Gasteiger partial charge in [0.05, 0.1) is 6.04 Å². The van der Waals surface area contributed by atoms with Crippen LogP contribution in [0.2, 0.25) is 0 Å². The third-order valence-corrected chi connectivity index (χ3v) is 5.74. The number of rotatable bonds is 6. The van der Waals surface area contributed by atoms with Crippen molar-refractivity contribution in [3.63, 3.8) is 0 Å². The first kappa shape index (κ1) is 15.7. The summed E-state index contributed by atoms with van der Waals surface area (Å²) in [5.74, 6) is 0. The van der Waals surface area contributed by atoms with Gasteiger partial charge in [0.2, 0.25) is 0 Å². The van der Waals surface area contributed by atoms with Crippen molar-refractivity contribution in [1.82, 2.24) is 4.90 Å². The van der Waals surface area contributed by atoms with Crippen LogP contribution in [0.5, 0.6) is 0 Å². The number of halogens is 1. The fourth-order valence-electron chi connectivity index (χ4n) is 2.35. The molecule has 0 aliphatic rings. The van der Waals surface area contributed by atoms with Gasteiger partial charge in [0.15, 0.2) is 0 Å². The number of nitrogens with zero attached hydrogens (tertiary/aromatic N) is 1. The van der Waals surface area contributed by atoms with E-state index in [1.54, 1.807) is 0 Å². The van der Waals surface area contributed by atoms with E-state index >= 15 is 0 Å². The summed E-state index contributed by atoms with van der Waals surface area (Å²) in [6, 6.07) is 13.1. The lowest BCUT2D eigenvalue weighted by Gasteiger charge is -2.29. The van der Waals surface area contributed by atoms with E-state index in [2.05, 4.69) is 71.1 Å². The third kappa shape index (κ3) is 3.70. The second-order valence-electron chi connectivity index (χ2n) is 4.85. The van der Waals surface area contributed by atoms with Crippen molar-refractivity contribution in [2.24, 2.45) is 5.73 Å². The monoisotopic (exact) mass is 352 g/mol. The van der Waals surface area contributed by atoms with E-state index < -0.39 is 0 Å². The number of likely N-dealkylation sites (N-methyl/N-ethyl adjacent to an activating group) is 1. The largest absolute Gasteiger partial charge is 0.329 e. The summed E-state index contributed by atoms with van der Waals surface area (Å²) in [5.41, 5.74) is 7.38. The maximum Gasteiger partial charge on any atom is 0.0567 e. The molecule has 0 radical (unpaired) electrons. The van der Waals surface area contributed by atoms with Crippen LogP contribution >= 0.6 is 27.3 Å². The molecule has 1 aromatic heterocycles. The number of aryl methyl sites for hydroxylation is 1. The van der Waals surface area contributed by atoms with Gasteiger partial charge >= 0.3 is 0 Å². The Morgan fingerprint density at radius 1 is 1.30 bits per heavy atom. The summed E-state index contributed by atoms with van der Waals surface area (Å²) in [6.45, 7) is 6.91. The van der Waals surface area contributed by atoms with Crippen molar-refractivity contribution in [3.05, 3.63) is 56.2 Å². The minimum Gasteiger partial charge on any atom is -0.329 e. The molecule has 0 bridgehead atoms. The molecule has 1 atom stereocenters. The van der Waals surface area contributed by atoms with Crippen molar-refractivity contribution in [2.75, 3.05) is 13.1 Å². The van der Waals surface area contributed by atoms with Crippen molar-refractivity contribution in [2.45, 2.75) is 26.4 Å². The lowest BCUT2D eigenvalue weighted by atomic mass is 10.1.